The van der Waals surface area contributed by atoms with Crippen LogP contribution in [-0.2, 0) is 4.74 Å². The van der Waals surface area contributed by atoms with E-state index in [4.69, 9.17) is 4.74 Å². The molecule has 0 saturated carbocycles. The summed E-state index contributed by atoms with van der Waals surface area (Å²) in [5.74, 6) is -0.127. The van der Waals surface area contributed by atoms with Crippen molar-refractivity contribution in [3.8, 4) is 0 Å². The smallest absolute Gasteiger partial charge is 0.282 e. The van der Waals surface area contributed by atoms with Crippen molar-refractivity contribution in [1.29, 1.82) is 0 Å². The third kappa shape index (κ3) is 3.44. The molecular weight excluding hydrogens is 308 g/mol. The molecule has 2 aromatic carbocycles. The van der Waals surface area contributed by atoms with Crippen LogP contribution in [-0.4, -0.2) is 30.6 Å². The summed E-state index contributed by atoms with van der Waals surface area (Å²) >= 11 is 0. The predicted molar refractivity (Wildman–Crippen MR) is 90.1 cm³/mol. The quantitative estimate of drug-likeness (QED) is 0.624. The lowest BCUT2D eigenvalue weighted by Crippen LogP contribution is -2.36. The van der Waals surface area contributed by atoms with E-state index in [-0.39, 0.29) is 23.1 Å². The van der Waals surface area contributed by atoms with Gasteiger partial charge >= 0.3 is 0 Å². The van der Waals surface area contributed by atoms with Gasteiger partial charge in [-0.25, -0.2) is 0 Å². The fourth-order valence-electron chi connectivity index (χ4n) is 2.86. The second kappa shape index (κ2) is 7.23. The normalized spacial score (nSPS) is 16.8. The van der Waals surface area contributed by atoms with Crippen molar-refractivity contribution in [3.05, 3.63) is 70.3 Å². The standard InChI is InChI=1S/C18H18N2O4/c21-18(16-8-4-5-9-17(16)20(22)23)19(12-14-10-11-24-13-14)15-6-2-1-3-7-15/h1-9,14H,10-13H2/t14-/m0/s1. The number of ether oxygens (including phenoxy) is 1. The Labute approximate surface area is 139 Å². The lowest BCUT2D eigenvalue weighted by Gasteiger charge is -2.25. The molecule has 0 spiro atoms. The van der Waals surface area contributed by atoms with E-state index in [0.29, 0.717) is 19.8 Å². The second-order valence-electron chi connectivity index (χ2n) is 5.76. The van der Waals surface area contributed by atoms with Gasteiger partial charge in [-0.15, -0.1) is 0 Å². The molecule has 0 bridgehead atoms. The zero-order valence-electron chi connectivity index (χ0n) is 13.1. The highest BCUT2D eigenvalue weighted by Gasteiger charge is 2.28. The van der Waals surface area contributed by atoms with Gasteiger partial charge in [0.2, 0.25) is 0 Å². The molecule has 1 amide bonds. The maximum Gasteiger partial charge on any atom is 0.282 e. The van der Waals surface area contributed by atoms with Crippen LogP contribution in [0.4, 0.5) is 11.4 Å². The van der Waals surface area contributed by atoms with Gasteiger partial charge in [0.15, 0.2) is 0 Å². The number of nitro benzene ring substituents is 1. The number of hydrogen-bond acceptors (Lipinski definition) is 4. The first kappa shape index (κ1) is 16.1. The van der Waals surface area contributed by atoms with Gasteiger partial charge in [-0.05, 0) is 24.6 Å². The van der Waals surface area contributed by atoms with E-state index >= 15 is 0 Å². The molecule has 1 heterocycles. The molecule has 1 aliphatic rings. The molecule has 1 fully saturated rings. The van der Waals surface area contributed by atoms with Crippen molar-refractivity contribution in [2.45, 2.75) is 6.42 Å². The van der Waals surface area contributed by atoms with Crippen LogP contribution in [0.2, 0.25) is 0 Å². The summed E-state index contributed by atoms with van der Waals surface area (Å²) in [7, 11) is 0. The number of para-hydroxylation sites is 2. The largest absolute Gasteiger partial charge is 0.381 e. The predicted octanol–water partition coefficient (Wildman–Crippen LogP) is 3.28. The highest BCUT2D eigenvalue weighted by molar-refractivity contribution is 6.08. The molecule has 1 saturated heterocycles. The number of nitro groups is 1. The Balaban J connectivity index is 1.95. The van der Waals surface area contributed by atoms with E-state index in [1.165, 1.54) is 12.1 Å². The summed E-state index contributed by atoms with van der Waals surface area (Å²) in [6.45, 7) is 1.77. The van der Waals surface area contributed by atoms with E-state index in [0.717, 1.165) is 12.1 Å². The minimum Gasteiger partial charge on any atom is -0.381 e. The Morgan fingerprint density at radius 1 is 1.17 bits per heavy atom. The highest BCUT2D eigenvalue weighted by Crippen LogP contribution is 2.25. The molecule has 3 rings (SSSR count). The Kier molecular flexibility index (Phi) is 4.86. The van der Waals surface area contributed by atoms with Crippen molar-refractivity contribution in [1.82, 2.24) is 0 Å². The Bertz CT molecular complexity index is 727. The van der Waals surface area contributed by atoms with Crippen LogP contribution in [0.15, 0.2) is 54.6 Å². The van der Waals surface area contributed by atoms with Crippen LogP contribution < -0.4 is 4.90 Å². The maximum absolute atomic E-state index is 13.0. The van der Waals surface area contributed by atoms with Gasteiger partial charge in [0.05, 0.1) is 11.5 Å². The van der Waals surface area contributed by atoms with Crippen LogP contribution in [0, 0.1) is 16.0 Å². The summed E-state index contributed by atoms with van der Waals surface area (Å²) in [5, 5.41) is 11.2. The average Bonchev–Trinajstić information content (AvgIpc) is 3.13. The van der Waals surface area contributed by atoms with Gasteiger partial charge in [0.1, 0.15) is 5.56 Å². The Morgan fingerprint density at radius 3 is 2.54 bits per heavy atom. The third-order valence-corrected chi connectivity index (χ3v) is 4.11. The first-order chi connectivity index (χ1) is 11.7. The Morgan fingerprint density at radius 2 is 1.88 bits per heavy atom. The molecule has 6 heteroatoms. The molecular formula is C18H18N2O4. The number of benzene rings is 2. The van der Waals surface area contributed by atoms with Crippen LogP contribution in [0.5, 0.6) is 0 Å². The zero-order chi connectivity index (χ0) is 16.9. The molecule has 1 atom stereocenters. The fourth-order valence-corrected chi connectivity index (χ4v) is 2.86. The number of carbonyl (C=O) groups is 1. The molecule has 6 nitrogen and oxygen atoms in total. The molecule has 24 heavy (non-hydrogen) atoms. The van der Waals surface area contributed by atoms with Gasteiger partial charge in [-0.1, -0.05) is 30.3 Å². The maximum atomic E-state index is 13.0. The van der Waals surface area contributed by atoms with E-state index < -0.39 is 4.92 Å². The van der Waals surface area contributed by atoms with Crippen molar-refractivity contribution in [2.24, 2.45) is 5.92 Å². The van der Waals surface area contributed by atoms with Crippen LogP contribution in [0.25, 0.3) is 0 Å². The van der Waals surface area contributed by atoms with Gasteiger partial charge in [0.25, 0.3) is 11.6 Å². The van der Waals surface area contributed by atoms with E-state index in [1.807, 2.05) is 30.3 Å². The number of amides is 1. The first-order valence-electron chi connectivity index (χ1n) is 7.85. The molecule has 124 valence electrons. The van der Waals surface area contributed by atoms with Crippen LogP contribution >= 0.6 is 0 Å². The molecule has 0 aromatic heterocycles. The number of hydrogen-bond donors (Lipinski definition) is 0. The monoisotopic (exact) mass is 326 g/mol. The third-order valence-electron chi connectivity index (χ3n) is 4.11. The molecule has 0 aliphatic carbocycles. The van der Waals surface area contributed by atoms with Gasteiger partial charge in [0, 0.05) is 30.8 Å². The summed E-state index contributed by atoms with van der Waals surface area (Å²) < 4.78 is 5.40. The van der Waals surface area contributed by atoms with Crippen molar-refractivity contribution in [2.75, 3.05) is 24.7 Å². The molecule has 0 radical (unpaired) electrons. The van der Waals surface area contributed by atoms with E-state index in [1.54, 1.807) is 17.0 Å². The number of anilines is 1. The Hall–Kier alpha value is -2.73. The van der Waals surface area contributed by atoms with Crippen molar-refractivity contribution in [3.63, 3.8) is 0 Å². The van der Waals surface area contributed by atoms with E-state index in [9.17, 15) is 14.9 Å². The number of rotatable bonds is 5. The van der Waals surface area contributed by atoms with E-state index in [2.05, 4.69) is 0 Å². The molecule has 0 unspecified atom stereocenters. The van der Waals surface area contributed by atoms with Gasteiger partial charge in [-0.2, -0.15) is 0 Å². The van der Waals surface area contributed by atoms with Crippen LogP contribution in [0.3, 0.4) is 0 Å². The van der Waals surface area contributed by atoms with Crippen molar-refractivity contribution >= 4 is 17.3 Å². The average molecular weight is 326 g/mol. The molecule has 2 aromatic rings. The number of nitrogens with zero attached hydrogens (tertiary/aromatic N) is 2. The lowest BCUT2D eigenvalue weighted by molar-refractivity contribution is -0.385. The zero-order valence-corrected chi connectivity index (χ0v) is 13.1. The van der Waals surface area contributed by atoms with Crippen molar-refractivity contribution < 1.29 is 14.5 Å². The van der Waals surface area contributed by atoms with Gasteiger partial charge in [-0.3, -0.25) is 14.9 Å². The summed E-state index contributed by atoms with van der Waals surface area (Å²) in [6.07, 6.45) is 0.882. The molecule has 1 aliphatic heterocycles. The minimum absolute atomic E-state index is 0.102. The lowest BCUT2D eigenvalue weighted by atomic mass is 10.1. The summed E-state index contributed by atoms with van der Waals surface area (Å²) in [5.41, 5.74) is 0.656. The SMILES string of the molecule is O=C(c1ccccc1[N+](=O)[O-])N(C[C@@H]1CCOC1)c1ccccc1. The first-order valence-corrected chi connectivity index (χ1v) is 7.85. The molecule has 0 N–H and O–H groups in total. The van der Waals surface area contributed by atoms with Gasteiger partial charge < -0.3 is 9.64 Å². The summed E-state index contributed by atoms with van der Waals surface area (Å²) in [6, 6.07) is 15.3. The highest BCUT2D eigenvalue weighted by atomic mass is 16.6. The topological polar surface area (TPSA) is 72.7 Å². The van der Waals surface area contributed by atoms with Crippen LogP contribution in [0.1, 0.15) is 16.8 Å². The fraction of sp³-hybridized carbons (Fsp3) is 0.278. The second-order valence-corrected chi connectivity index (χ2v) is 5.76. The summed E-state index contributed by atoms with van der Waals surface area (Å²) in [4.78, 5) is 25.4. The number of carbonyl (C=O) groups excluding carboxylic acids is 1. The minimum atomic E-state index is -0.519.